The predicted molar refractivity (Wildman–Crippen MR) is 97.3 cm³/mol. The van der Waals surface area contributed by atoms with Crippen molar-refractivity contribution in [1.29, 1.82) is 0 Å². The van der Waals surface area contributed by atoms with Crippen LogP contribution in [0.5, 0.6) is 0 Å². The van der Waals surface area contributed by atoms with E-state index in [0.29, 0.717) is 10.7 Å². The minimum atomic E-state index is -0.971. The molecular weight excluding hydrogens is 358 g/mol. The Morgan fingerprint density at radius 1 is 1.00 bits per heavy atom. The van der Waals surface area contributed by atoms with Gasteiger partial charge in [0, 0.05) is 17.1 Å². The van der Waals surface area contributed by atoms with Crippen LogP contribution in [-0.2, 0) is 25.6 Å². The minimum absolute atomic E-state index is 0.204. The summed E-state index contributed by atoms with van der Waals surface area (Å²) in [6, 6.07) is 14.4. The summed E-state index contributed by atoms with van der Waals surface area (Å²) in [4.78, 5) is 40.9. The molecule has 0 heterocycles. The van der Waals surface area contributed by atoms with E-state index in [2.05, 4.69) is 21.0 Å². The zero-order valence-corrected chi connectivity index (χ0v) is 14.7. The summed E-state index contributed by atoms with van der Waals surface area (Å²) in [6.45, 7) is 0. The standard InChI is InChI=1S/C18H18ClN3O4/c1-26-22-16(23)15(11-12-5-3-2-4-6-12)21-18(25)17(24)20-14-9-7-13(19)8-10-14/h2-10,15H,11H2,1H3,(H,20,24)(H,21,25)(H,22,23)/t15-/m0/s1. The van der Waals surface area contributed by atoms with Gasteiger partial charge in [-0.05, 0) is 29.8 Å². The number of carbonyl (C=O) groups excluding carboxylic acids is 3. The fraction of sp³-hybridized carbons (Fsp3) is 0.167. The van der Waals surface area contributed by atoms with Crippen LogP contribution in [0.25, 0.3) is 0 Å². The number of halogens is 1. The van der Waals surface area contributed by atoms with Crippen LogP contribution in [0.3, 0.4) is 0 Å². The summed E-state index contributed by atoms with van der Waals surface area (Å²) in [5.41, 5.74) is 3.40. The van der Waals surface area contributed by atoms with Crippen LogP contribution in [0.1, 0.15) is 5.56 Å². The molecule has 2 aromatic carbocycles. The molecule has 0 fully saturated rings. The second-order valence-corrected chi connectivity index (χ2v) is 5.78. The third-order valence-corrected chi connectivity index (χ3v) is 3.67. The number of hydrogen-bond donors (Lipinski definition) is 3. The van der Waals surface area contributed by atoms with Gasteiger partial charge in [0.1, 0.15) is 6.04 Å². The molecule has 0 unspecified atom stereocenters. The Labute approximate surface area is 155 Å². The van der Waals surface area contributed by atoms with Gasteiger partial charge in [0.15, 0.2) is 0 Å². The van der Waals surface area contributed by atoms with Crippen molar-refractivity contribution in [2.45, 2.75) is 12.5 Å². The lowest BCUT2D eigenvalue weighted by Gasteiger charge is -2.17. The van der Waals surface area contributed by atoms with E-state index in [1.165, 1.54) is 7.11 Å². The minimum Gasteiger partial charge on any atom is -0.336 e. The summed E-state index contributed by atoms with van der Waals surface area (Å²) in [7, 11) is 1.28. The average molecular weight is 376 g/mol. The molecule has 2 rings (SSSR count). The van der Waals surface area contributed by atoms with Crippen molar-refractivity contribution < 1.29 is 19.2 Å². The molecular formula is C18H18ClN3O4. The Bertz CT molecular complexity index is 766. The van der Waals surface area contributed by atoms with Gasteiger partial charge >= 0.3 is 11.8 Å². The zero-order valence-electron chi connectivity index (χ0n) is 14.0. The Morgan fingerprint density at radius 2 is 1.65 bits per heavy atom. The summed E-state index contributed by atoms with van der Waals surface area (Å²) < 4.78 is 0. The fourth-order valence-electron chi connectivity index (χ4n) is 2.18. The second kappa shape index (κ2) is 9.55. The first-order chi connectivity index (χ1) is 12.5. The van der Waals surface area contributed by atoms with Crippen LogP contribution in [0, 0.1) is 0 Å². The first-order valence-electron chi connectivity index (χ1n) is 7.73. The quantitative estimate of drug-likeness (QED) is 0.528. The van der Waals surface area contributed by atoms with Crippen molar-refractivity contribution in [2.75, 3.05) is 12.4 Å². The highest BCUT2D eigenvalue weighted by Gasteiger charge is 2.24. The van der Waals surface area contributed by atoms with Crippen molar-refractivity contribution >= 4 is 35.0 Å². The summed E-state index contributed by atoms with van der Waals surface area (Å²) in [5, 5.41) is 5.36. The molecule has 8 heteroatoms. The molecule has 3 amide bonds. The third-order valence-electron chi connectivity index (χ3n) is 3.42. The molecule has 26 heavy (non-hydrogen) atoms. The fourth-order valence-corrected chi connectivity index (χ4v) is 2.30. The lowest BCUT2D eigenvalue weighted by molar-refractivity contribution is -0.140. The summed E-state index contributed by atoms with van der Waals surface area (Å²) in [6.07, 6.45) is 0.204. The molecule has 0 radical (unpaired) electrons. The Hall–Kier alpha value is -2.90. The molecule has 0 aliphatic heterocycles. The van der Waals surface area contributed by atoms with E-state index in [1.54, 1.807) is 24.3 Å². The van der Waals surface area contributed by atoms with Gasteiger partial charge in [0.05, 0.1) is 7.11 Å². The average Bonchev–Trinajstić information content (AvgIpc) is 2.64. The van der Waals surface area contributed by atoms with Gasteiger partial charge in [-0.25, -0.2) is 5.48 Å². The maximum absolute atomic E-state index is 12.2. The van der Waals surface area contributed by atoms with Gasteiger partial charge < -0.3 is 10.6 Å². The molecule has 1 atom stereocenters. The maximum Gasteiger partial charge on any atom is 0.313 e. The van der Waals surface area contributed by atoms with Gasteiger partial charge in [-0.15, -0.1) is 0 Å². The zero-order chi connectivity index (χ0) is 18.9. The molecule has 0 saturated carbocycles. The number of rotatable bonds is 6. The van der Waals surface area contributed by atoms with Crippen LogP contribution in [0.15, 0.2) is 54.6 Å². The highest BCUT2D eigenvalue weighted by atomic mass is 35.5. The molecule has 0 spiro atoms. The van der Waals surface area contributed by atoms with E-state index in [0.717, 1.165) is 5.56 Å². The van der Waals surface area contributed by atoms with E-state index in [9.17, 15) is 14.4 Å². The lowest BCUT2D eigenvalue weighted by atomic mass is 10.1. The van der Waals surface area contributed by atoms with Crippen molar-refractivity contribution in [1.82, 2.24) is 10.8 Å². The maximum atomic E-state index is 12.2. The number of carbonyl (C=O) groups is 3. The van der Waals surface area contributed by atoms with E-state index in [4.69, 9.17) is 11.6 Å². The normalized spacial score (nSPS) is 11.3. The van der Waals surface area contributed by atoms with Gasteiger partial charge in [0.25, 0.3) is 5.91 Å². The van der Waals surface area contributed by atoms with Crippen molar-refractivity contribution in [3.8, 4) is 0 Å². The summed E-state index contributed by atoms with van der Waals surface area (Å²) in [5.74, 6) is -2.40. The van der Waals surface area contributed by atoms with E-state index < -0.39 is 23.8 Å². The monoisotopic (exact) mass is 375 g/mol. The molecule has 2 aromatic rings. The number of benzene rings is 2. The molecule has 3 N–H and O–H groups in total. The van der Waals surface area contributed by atoms with Crippen molar-refractivity contribution in [2.24, 2.45) is 0 Å². The molecule has 0 aliphatic carbocycles. The van der Waals surface area contributed by atoms with Crippen LogP contribution in [-0.4, -0.2) is 30.9 Å². The van der Waals surface area contributed by atoms with Gasteiger partial charge in [-0.3, -0.25) is 19.2 Å². The Kier molecular flexibility index (Phi) is 7.13. The second-order valence-electron chi connectivity index (χ2n) is 5.35. The molecule has 0 aromatic heterocycles. The highest BCUT2D eigenvalue weighted by molar-refractivity contribution is 6.40. The number of amides is 3. The SMILES string of the molecule is CONC(=O)[C@H](Cc1ccccc1)NC(=O)C(=O)Nc1ccc(Cl)cc1. The van der Waals surface area contributed by atoms with Crippen LogP contribution >= 0.6 is 11.6 Å². The molecule has 136 valence electrons. The number of nitrogens with one attached hydrogen (secondary N) is 3. The highest BCUT2D eigenvalue weighted by Crippen LogP contribution is 2.13. The number of hydroxylamine groups is 1. The van der Waals surface area contributed by atoms with E-state index in [1.807, 2.05) is 30.3 Å². The Balaban J connectivity index is 2.03. The van der Waals surface area contributed by atoms with E-state index >= 15 is 0 Å². The smallest absolute Gasteiger partial charge is 0.313 e. The van der Waals surface area contributed by atoms with Crippen LogP contribution in [0.2, 0.25) is 5.02 Å². The molecule has 0 saturated heterocycles. The van der Waals surface area contributed by atoms with Crippen molar-refractivity contribution in [3.63, 3.8) is 0 Å². The van der Waals surface area contributed by atoms with Crippen LogP contribution < -0.4 is 16.1 Å². The van der Waals surface area contributed by atoms with Crippen molar-refractivity contribution in [3.05, 3.63) is 65.2 Å². The Morgan fingerprint density at radius 3 is 2.27 bits per heavy atom. The van der Waals surface area contributed by atoms with Gasteiger partial charge in [-0.2, -0.15) is 0 Å². The lowest BCUT2D eigenvalue weighted by Crippen LogP contribution is -2.50. The first-order valence-corrected chi connectivity index (χ1v) is 8.11. The topological polar surface area (TPSA) is 96.5 Å². The molecule has 7 nitrogen and oxygen atoms in total. The van der Waals surface area contributed by atoms with Crippen LogP contribution in [0.4, 0.5) is 5.69 Å². The third kappa shape index (κ3) is 5.87. The number of anilines is 1. The number of hydrogen-bond acceptors (Lipinski definition) is 4. The predicted octanol–water partition coefficient (Wildman–Crippen LogP) is 1.68. The summed E-state index contributed by atoms with van der Waals surface area (Å²) >= 11 is 5.77. The molecule has 0 bridgehead atoms. The van der Waals surface area contributed by atoms with Gasteiger partial charge in [0.2, 0.25) is 0 Å². The molecule has 0 aliphatic rings. The largest absolute Gasteiger partial charge is 0.336 e. The van der Waals surface area contributed by atoms with Gasteiger partial charge in [-0.1, -0.05) is 41.9 Å². The first kappa shape index (κ1) is 19.4. The van der Waals surface area contributed by atoms with E-state index in [-0.39, 0.29) is 6.42 Å².